The van der Waals surface area contributed by atoms with E-state index in [0.29, 0.717) is 6.42 Å². The average Bonchev–Trinajstić information content (AvgIpc) is 3.84. The molecule has 3 rings (SSSR count). The van der Waals surface area contributed by atoms with Gasteiger partial charge in [0, 0.05) is 39.5 Å². The number of rotatable bonds is 28. The molecule has 394 valence electrons. The van der Waals surface area contributed by atoms with Gasteiger partial charge in [-0.05, 0) is 69.4 Å². The van der Waals surface area contributed by atoms with Crippen LogP contribution in [0, 0.1) is 5.92 Å². The van der Waals surface area contributed by atoms with Crippen LogP contribution in [0.25, 0.3) is 0 Å². The van der Waals surface area contributed by atoms with Crippen molar-refractivity contribution in [1.29, 1.82) is 0 Å². The predicted octanol–water partition coefficient (Wildman–Crippen LogP) is -2.62. The van der Waals surface area contributed by atoms with Crippen molar-refractivity contribution in [3.8, 4) is 0 Å². The zero-order valence-corrected chi connectivity index (χ0v) is 41.7. The molecule has 0 aliphatic carbocycles. The summed E-state index contributed by atoms with van der Waals surface area (Å²) in [6.07, 6.45) is 1.45. The summed E-state index contributed by atoms with van der Waals surface area (Å²) in [6.45, 7) is 7.71. The zero-order valence-electron chi connectivity index (χ0n) is 41.7. The number of carbonyl (C=O) groups excluding carboxylic acids is 9. The van der Waals surface area contributed by atoms with Crippen molar-refractivity contribution >= 4 is 65.1 Å². The molecule has 24 heteroatoms. The van der Waals surface area contributed by atoms with E-state index in [1.807, 2.05) is 60.7 Å². The summed E-state index contributed by atoms with van der Waals surface area (Å²) in [5.74, 6) is -6.39. The number of likely N-dealkylation sites (tertiary alicyclic amines) is 1. The van der Waals surface area contributed by atoms with Crippen molar-refractivity contribution < 1.29 is 43.2 Å². The Morgan fingerprint density at radius 2 is 1.15 bits per heavy atom. The number of aliphatic imine (C=N–C) groups is 2. The fraction of sp³-hybridized carbons (Fsp3) is 0.521. The van der Waals surface area contributed by atoms with E-state index in [1.54, 1.807) is 13.8 Å². The third kappa shape index (κ3) is 20.7. The largest absolute Gasteiger partial charge is 0.370 e. The highest BCUT2D eigenvalue weighted by Crippen LogP contribution is 2.21. The molecule has 0 aromatic heterocycles. The van der Waals surface area contributed by atoms with E-state index in [9.17, 15) is 43.2 Å². The fourth-order valence-corrected chi connectivity index (χ4v) is 7.58. The van der Waals surface area contributed by atoms with Gasteiger partial charge in [-0.15, -0.1) is 0 Å². The third-order valence-electron chi connectivity index (χ3n) is 11.5. The Hall–Kier alpha value is -7.79. The Kier molecular flexibility index (Phi) is 24.4. The van der Waals surface area contributed by atoms with Gasteiger partial charge in [-0.1, -0.05) is 74.5 Å². The van der Waals surface area contributed by atoms with Crippen LogP contribution in [-0.2, 0) is 56.1 Å². The number of guanidine groups is 2. The minimum absolute atomic E-state index is 0.00827. The molecule has 16 N–H and O–H groups in total. The van der Waals surface area contributed by atoms with Crippen LogP contribution in [0.15, 0.2) is 70.6 Å². The summed E-state index contributed by atoms with van der Waals surface area (Å²) in [5, 5.41) is 21.2. The monoisotopic (exact) mass is 1000 g/mol. The Morgan fingerprint density at radius 3 is 1.71 bits per heavy atom. The van der Waals surface area contributed by atoms with Crippen LogP contribution >= 0.6 is 0 Å². The number of amides is 9. The van der Waals surface area contributed by atoms with E-state index < -0.39 is 101 Å². The van der Waals surface area contributed by atoms with Crippen LogP contribution in [0.5, 0.6) is 0 Å². The minimum atomic E-state index is -1.25. The normalized spacial score (nSPS) is 15.4. The second-order valence-electron chi connectivity index (χ2n) is 17.8. The van der Waals surface area contributed by atoms with E-state index in [4.69, 9.17) is 22.9 Å². The standard InChI is InChI=1S/C48H73N15O9/c1-28(2)39(45(71)61-36(25-32-15-8-6-9-16-32)42(68)56-26-33-17-10-7-11-18-33)62-41(67)30(4)57-40(66)29(3)58-43(69)34(19-12-22-53-47(49)50)60-44(70)37-21-14-24-63(37)46(72)35(20-13-23-54-48(51)52)59-38(65)27-55-31(5)64/h6-11,15-18,28-30,34-37,39H,12-14,19-27H2,1-5H3,(H,55,64)(H,56,68)(H,57,66)(H,58,69)(H,59,65)(H,60,70)(H,61,71)(H,62,67)(H4,49,50,53)(H4,51,52,54)/t29-,30-,34-,35-,36-,37-,39-/m0/s1. The van der Waals surface area contributed by atoms with Crippen molar-refractivity contribution in [2.24, 2.45) is 38.8 Å². The molecule has 0 unspecified atom stereocenters. The first kappa shape index (κ1) is 58.5. The van der Waals surface area contributed by atoms with Gasteiger partial charge in [0.15, 0.2) is 11.9 Å². The van der Waals surface area contributed by atoms with E-state index >= 15 is 0 Å². The molecule has 1 aliphatic heterocycles. The van der Waals surface area contributed by atoms with Crippen molar-refractivity contribution in [2.75, 3.05) is 26.2 Å². The zero-order chi connectivity index (χ0) is 53.3. The molecule has 1 fully saturated rings. The predicted molar refractivity (Wildman–Crippen MR) is 269 cm³/mol. The maximum atomic E-state index is 14.0. The lowest BCUT2D eigenvalue weighted by Crippen LogP contribution is -2.59. The van der Waals surface area contributed by atoms with Crippen molar-refractivity contribution in [1.82, 2.24) is 47.4 Å². The topological polar surface area (TPSA) is 382 Å². The molecule has 72 heavy (non-hydrogen) atoms. The first-order chi connectivity index (χ1) is 34.2. The molecule has 2 aromatic rings. The Labute approximate surface area is 419 Å². The first-order valence-electron chi connectivity index (χ1n) is 24.0. The fourth-order valence-electron chi connectivity index (χ4n) is 7.58. The molecular weight excluding hydrogens is 931 g/mol. The summed E-state index contributed by atoms with van der Waals surface area (Å²) in [6, 6.07) is 10.5. The lowest BCUT2D eigenvalue weighted by Gasteiger charge is -2.30. The summed E-state index contributed by atoms with van der Waals surface area (Å²) in [7, 11) is 0. The maximum Gasteiger partial charge on any atom is 0.245 e. The number of hydrogen-bond acceptors (Lipinski definition) is 11. The van der Waals surface area contributed by atoms with Crippen molar-refractivity contribution in [3.63, 3.8) is 0 Å². The van der Waals surface area contributed by atoms with Gasteiger partial charge in [0.25, 0.3) is 0 Å². The maximum absolute atomic E-state index is 14.0. The molecule has 7 atom stereocenters. The van der Waals surface area contributed by atoms with Gasteiger partial charge in [0.1, 0.15) is 42.3 Å². The molecule has 0 saturated carbocycles. The molecule has 0 bridgehead atoms. The molecule has 1 saturated heterocycles. The molecule has 2 aromatic carbocycles. The highest BCUT2D eigenvalue weighted by atomic mass is 16.2. The number of hydrogen-bond donors (Lipinski definition) is 12. The van der Waals surface area contributed by atoms with E-state index in [-0.39, 0.29) is 83.2 Å². The van der Waals surface area contributed by atoms with Gasteiger partial charge in [-0.2, -0.15) is 0 Å². The lowest BCUT2D eigenvalue weighted by molar-refractivity contribution is -0.142. The smallest absolute Gasteiger partial charge is 0.245 e. The number of nitrogens with two attached hydrogens (primary N) is 4. The van der Waals surface area contributed by atoms with Crippen molar-refractivity contribution in [2.45, 2.75) is 128 Å². The van der Waals surface area contributed by atoms with Crippen molar-refractivity contribution in [3.05, 3.63) is 71.8 Å². The molecular formula is C48H73N15O9. The quantitative estimate of drug-likeness (QED) is 0.0237. The van der Waals surface area contributed by atoms with Gasteiger partial charge in [-0.25, -0.2) is 0 Å². The highest BCUT2D eigenvalue weighted by Gasteiger charge is 2.39. The van der Waals surface area contributed by atoms with Crippen LogP contribution in [0.1, 0.15) is 84.3 Å². The van der Waals surface area contributed by atoms with Gasteiger partial charge >= 0.3 is 0 Å². The highest BCUT2D eigenvalue weighted by molar-refractivity contribution is 5.98. The van der Waals surface area contributed by atoms with Crippen LogP contribution in [-0.4, -0.2) is 138 Å². The molecule has 24 nitrogen and oxygen atoms in total. The average molecular weight is 1000 g/mol. The van der Waals surface area contributed by atoms with E-state index in [0.717, 1.165) is 11.1 Å². The lowest BCUT2D eigenvalue weighted by atomic mass is 10.0. The Balaban J connectivity index is 1.69. The number of nitrogens with zero attached hydrogens (tertiary/aromatic N) is 3. The molecule has 0 radical (unpaired) electrons. The first-order valence-corrected chi connectivity index (χ1v) is 24.0. The summed E-state index contributed by atoms with van der Waals surface area (Å²) >= 11 is 0. The minimum Gasteiger partial charge on any atom is -0.370 e. The Bertz CT molecular complexity index is 2220. The van der Waals surface area contributed by atoms with Crippen LogP contribution in [0.2, 0.25) is 0 Å². The second-order valence-corrected chi connectivity index (χ2v) is 17.8. The van der Waals surface area contributed by atoms with E-state index in [1.165, 1.54) is 25.7 Å². The van der Waals surface area contributed by atoms with Crippen LogP contribution < -0.4 is 65.5 Å². The second kappa shape index (κ2) is 30.1. The summed E-state index contributed by atoms with van der Waals surface area (Å²) < 4.78 is 0. The van der Waals surface area contributed by atoms with Gasteiger partial charge < -0.3 is 70.4 Å². The molecule has 1 heterocycles. The van der Waals surface area contributed by atoms with Gasteiger partial charge in [-0.3, -0.25) is 53.1 Å². The number of carbonyl (C=O) groups is 9. The van der Waals surface area contributed by atoms with Crippen LogP contribution in [0.3, 0.4) is 0 Å². The summed E-state index contributed by atoms with van der Waals surface area (Å²) in [4.78, 5) is 129. The van der Waals surface area contributed by atoms with Gasteiger partial charge in [0.05, 0.1) is 6.54 Å². The third-order valence-corrected chi connectivity index (χ3v) is 11.5. The van der Waals surface area contributed by atoms with Crippen LogP contribution in [0.4, 0.5) is 0 Å². The number of nitrogens with one attached hydrogen (secondary N) is 8. The SMILES string of the molecule is CC(=O)NCC(=O)N[C@@H](CCCN=C(N)N)C(=O)N1CCC[C@H]1C(=O)N[C@@H](CCCN=C(N)N)C(=O)N[C@@H](C)C(=O)N[C@@H](C)C(=O)N[C@H](C(=O)N[C@@H](Cc1ccccc1)C(=O)NCc1ccccc1)C(C)C. The van der Waals surface area contributed by atoms with E-state index in [2.05, 4.69) is 52.5 Å². The summed E-state index contributed by atoms with van der Waals surface area (Å²) in [5.41, 5.74) is 23.5. The van der Waals surface area contributed by atoms with Gasteiger partial charge in [0.2, 0.25) is 53.2 Å². The number of benzene rings is 2. The Morgan fingerprint density at radius 1 is 0.611 bits per heavy atom. The molecule has 0 spiro atoms. The molecule has 1 aliphatic rings. The molecule has 9 amide bonds.